The average molecular weight is 268 g/mol. The van der Waals surface area contributed by atoms with Gasteiger partial charge < -0.3 is 4.98 Å². The third-order valence-electron chi connectivity index (χ3n) is 3.02. The molecule has 0 fully saturated rings. The van der Waals surface area contributed by atoms with E-state index >= 15 is 0 Å². The summed E-state index contributed by atoms with van der Waals surface area (Å²) in [6.07, 6.45) is 1.68. The molecule has 3 aromatic heterocycles. The molecule has 4 rings (SSSR count). The molecule has 0 amide bonds. The van der Waals surface area contributed by atoms with Crippen molar-refractivity contribution < 1.29 is 0 Å². The van der Waals surface area contributed by atoms with Crippen LogP contribution in [0.1, 0.15) is 0 Å². The predicted molar refractivity (Wildman–Crippen MR) is 74.9 cm³/mol. The standard InChI is InChI=1S/C13H8N4OS/c18-13-16-10-2-1-5-14-12(10)17(13)8-3-4-9-11(6-8)19-7-15-9/h1-7H,(H,16,18). The first-order valence-electron chi connectivity index (χ1n) is 5.72. The highest BCUT2D eigenvalue weighted by Gasteiger charge is 2.10. The van der Waals surface area contributed by atoms with Crippen molar-refractivity contribution in [1.29, 1.82) is 0 Å². The molecule has 0 saturated heterocycles. The molecule has 0 bridgehead atoms. The maximum absolute atomic E-state index is 12.1. The summed E-state index contributed by atoms with van der Waals surface area (Å²) in [5.41, 5.74) is 4.72. The molecule has 19 heavy (non-hydrogen) atoms. The maximum atomic E-state index is 12.1. The van der Waals surface area contributed by atoms with Gasteiger partial charge in [-0.1, -0.05) is 0 Å². The van der Waals surface area contributed by atoms with Crippen LogP contribution in [0.25, 0.3) is 27.1 Å². The Morgan fingerprint density at radius 1 is 1.21 bits per heavy atom. The number of aromatic amines is 1. The van der Waals surface area contributed by atoms with E-state index in [0.29, 0.717) is 5.65 Å². The summed E-state index contributed by atoms with van der Waals surface area (Å²) in [5, 5.41) is 0. The van der Waals surface area contributed by atoms with E-state index in [-0.39, 0.29) is 5.69 Å². The van der Waals surface area contributed by atoms with Crippen molar-refractivity contribution in [1.82, 2.24) is 19.5 Å². The van der Waals surface area contributed by atoms with Crippen molar-refractivity contribution >= 4 is 32.7 Å². The van der Waals surface area contributed by atoms with Gasteiger partial charge in [-0.2, -0.15) is 0 Å². The van der Waals surface area contributed by atoms with Gasteiger partial charge in [0.1, 0.15) is 0 Å². The minimum absolute atomic E-state index is 0.183. The highest BCUT2D eigenvalue weighted by molar-refractivity contribution is 7.16. The molecule has 3 heterocycles. The quantitative estimate of drug-likeness (QED) is 0.576. The molecule has 0 spiro atoms. The van der Waals surface area contributed by atoms with Crippen LogP contribution in [0.3, 0.4) is 0 Å². The monoisotopic (exact) mass is 268 g/mol. The van der Waals surface area contributed by atoms with E-state index in [0.717, 1.165) is 21.4 Å². The molecule has 0 unspecified atom stereocenters. The van der Waals surface area contributed by atoms with Gasteiger partial charge in [0.2, 0.25) is 0 Å². The molecule has 5 nitrogen and oxygen atoms in total. The Balaban J connectivity index is 2.08. The van der Waals surface area contributed by atoms with Crippen LogP contribution in [-0.4, -0.2) is 19.5 Å². The van der Waals surface area contributed by atoms with Crippen molar-refractivity contribution in [2.24, 2.45) is 0 Å². The van der Waals surface area contributed by atoms with Gasteiger partial charge in [0.05, 0.1) is 26.9 Å². The zero-order valence-electron chi connectivity index (χ0n) is 9.70. The van der Waals surface area contributed by atoms with Crippen LogP contribution >= 0.6 is 11.3 Å². The minimum atomic E-state index is -0.183. The fraction of sp³-hybridized carbons (Fsp3) is 0. The first kappa shape index (κ1) is 10.5. The predicted octanol–water partition coefficient (Wildman–Crippen LogP) is 2.32. The lowest BCUT2D eigenvalue weighted by molar-refractivity contribution is 1.00. The van der Waals surface area contributed by atoms with Gasteiger partial charge in [-0.15, -0.1) is 11.3 Å². The molecule has 1 N–H and O–H groups in total. The van der Waals surface area contributed by atoms with Gasteiger partial charge >= 0.3 is 5.69 Å². The third kappa shape index (κ3) is 1.50. The second-order valence-corrected chi connectivity index (χ2v) is 5.03. The van der Waals surface area contributed by atoms with Crippen LogP contribution in [0, 0.1) is 0 Å². The van der Waals surface area contributed by atoms with Crippen molar-refractivity contribution in [3.63, 3.8) is 0 Å². The number of thiazole rings is 1. The Hall–Kier alpha value is -2.47. The number of aromatic nitrogens is 4. The van der Waals surface area contributed by atoms with Gasteiger partial charge in [-0.05, 0) is 30.3 Å². The smallest absolute Gasteiger partial charge is 0.304 e. The number of pyridine rings is 1. The highest BCUT2D eigenvalue weighted by Crippen LogP contribution is 2.22. The Morgan fingerprint density at radius 3 is 3.11 bits per heavy atom. The van der Waals surface area contributed by atoms with E-state index in [4.69, 9.17) is 0 Å². The van der Waals surface area contributed by atoms with Gasteiger partial charge in [-0.3, -0.25) is 0 Å². The fourth-order valence-electron chi connectivity index (χ4n) is 2.16. The summed E-state index contributed by atoms with van der Waals surface area (Å²) < 4.78 is 2.63. The fourth-order valence-corrected chi connectivity index (χ4v) is 2.87. The molecular weight excluding hydrogens is 260 g/mol. The summed E-state index contributed by atoms with van der Waals surface area (Å²) >= 11 is 1.55. The number of imidazole rings is 1. The van der Waals surface area contributed by atoms with Gasteiger partial charge in [-0.25, -0.2) is 19.3 Å². The first-order valence-corrected chi connectivity index (χ1v) is 6.60. The van der Waals surface area contributed by atoms with E-state index in [1.54, 1.807) is 33.7 Å². The summed E-state index contributed by atoms with van der Waals surface area (Å²) in [7, 11) is 0. The number of benzene rings is 1. The molecule has 0 atom stereocenters. The van der Waals surface area contributed by atoms with Crippen LogP contribution in [0.15, 0.2) is 46.8 Å². The second kappa shape index (κ2) is 3.76. The Bertz CT molecular complexity index is 950. The first-order chi connectivity index (χ1) is 9.33. The number of nitrogens with one attached hydrogen (secondary N) is 1. The van der Waals surface area contributed by atoms with Gasteiger partial charge in [0, 0.05) is 6.20 Å². The van der Waals surface area contributed by atoms with Crippen molar-refractivity contribution in [2.45, 2.75) is 0 Å². The maximum Gasteiger partial charge on any atom is 0.332 e. The summed E-state index contributed by atoms with van der Waals surface area (Å²) in [6, 6.07) is 9.39. The molecule has 0 aliphatic carbocycles. The highest BCUT2D eigenvalue weighted by atomic mass is 32.1. The van der Waals surface area contributed by atoms with Gasteiger partial charge in [0.25, 0.3) is 0 Å². The molecular formula is C13H8N4OS. The number of H-pyrrole nitrogens is 1. The molecule has 0 aliphatic heterocycles. The molecule has 0 saturated carbocycles. The van der Waals surface area contributed by atoms with Crippen LogP contribution in [-0.2, 0) is 0 Å². The number of fused-ring (bicyclic) bond motifs is 2. The van der Waals surface area contributed by atoms with E-state index < -0.39 is 0 Å². The Kier molecular flexibility index (Phi) is 2.07. The normalized spacial score (nSPS) is 11.4. The minimum Gasteiger partial charge on any atom is -0.304 e. The Morgan fingerprint density at radius 2 is 2.16 bits per heavy atom. The zero-order chi connectivity index (χ0) is 12.8. The molecule has 92 valence electrons. The summed E-state index contributed by atoms with van der Waals surface area (Å²) in [4.78, 5) is 23.4. The van der Waals surface area contributed by atoms with Crippen LogP contribution in [0.2, 0.25) is 0 Å². The largest absolute Gasteiger partial charge is 0.332 e. The molecule has 6 heteroatoms. The second-order valence-electron chi connectivity index (χ2n) is 4.14. The Labute approximate surface area is 111 Å². The SMILES string of the molecule is O=c1[nH]c2cccnc2n1-c1ccc2ncsc2c1. The van der Waals surface area contributed by atoms with Crippen LogP contribution < -0.4 is 5.69 Å². The lowest BCUT2D eigenvalue weighted by atomic mass is 10.3. The van der Waals surface area contributed by atoms with E-state index in [1.807, 2.05) is 24.3 Å². The lowest BCUT2D eigenvalue weighted by Crippen LogP contribution is -2.14. The summed E-state index contributed by atoms with van der Waals surface area (Å²) in [5.74, 6) is 0. The number of hydrogen-bond donors (Lipinski definition) is 1. The number of rotatable bonds is 1. The summed E-state index contributed by atoms with van der Waals surface area (Å²) in [6.45, 7) is 0. The molecule has 4 aromatic rings. The van der Waals surface area contributed by atoms with E-state index in [1.165, 1.54) is 0 Å². The van der Waals surface area contributed by atoms with Gasteiger partial charge in [0.15, 0.2) is 5.65 Å². The average Bonchev–Trinajstić information content (AvgIpc) is 3.00. The molecule has 0 aliphatic rings. The van der Waals surface area contributed by atoms with E-state index in [9.17, 15) is 4.79 Å². The van der Waals surface area contributed by atoms with Crippen LogP contribution in [0.4, 0.5) is 0 Å². The van der Waals surface area contributed by atoms with Crippen molar-refractivity contribution in [2.75, 3.05) is 0 Å². The third-order valence-corrected chi connectivity index (χ3v) is 3.81. The number of nitrogens with zero attached hydrogens (tertiary/aromatic N) is 3. The molecule has 0 radical (unpaired) electrons. The topological polar surface area (TPSA) is 63.6 Å². The lowest BCUT2D eigenvalue weighted by Gasteiger charge is -2.02. The van der Waals surface area contributed by atoms with Crippen molar-refractivity contribution in [3.05, 3.63) is 52.5 Å². The number of hydrogen-bond acceptors (Lipinski definition) is 4. The zero-order valence-corrected chi connectivity index (χ0v) is 10.5. The van der Waals surface area contributed by atoms with E-state index in [2.05, 4.69) is 15.0 Å². The molecule has 1 aromatic carbocycles. The van der Waals surface area contributed by atoms with Crippen molar-refractivity contribution in [3.8, 4) is 5.69 Å². The van der Waals surface area contributed by atoms with Crippen LogP contribution in [0.5, 0.6) is 0 Å².